The van der Waals surface area contributed by atoms with Crippen LogP contribution in [0.1, 0.15) is 32.1 Å². The van der Waals surface area contributed by atoms with Crippen molar-refractivity contribution in [1.82, 2.24) is 20.0 Å². The monoisotopic (exact) mass is 308 g/mol. The lowest BCUT2D eigenvalue weighted by Crippen LogP contribution is -2.52. The van der Waals surface area contributed by atoms with Crippen LogP contribution in [0.25, 0.3) is 0 Å². The van der Waals surface area contributed by atoms with Crippen LogP contribution in [-0.4, -0.2) is 84.9 Å². The minimum atomic E-state index is 0.257. The molecular formula is C16H28N4O2. The molecule has 0 aliphatic carbocycles. The Morgan fingerprint density at radius 3 is 2.18 bits per heavy atom. The Morgan fingerprint density at radius 2 is 1.55 bits per heavy atom. The SMILES string of the molecule is O=C(CC1CCCN1)N1CCN(CC(=O)N2CCCC2)CC1. The van der Waals surface area contributed by atoms with Gasteiger partial charge in [0, 0.05) is 51.7 Å². The zero-order valence-corrected chi connectivity index (χ0v) is 13.4. The third kappa shape index (κ3) is 3.98. The van der Waals surface area contributed by atoms with E-state index in [9.17, 15) is 9.59 Å². The Bertz CT molecular complexity index is 395. The number of hydrogen-bond acceptors (Lipinski definition) is 4. The quantitative estimate of drug-likeness (QED) is 0.788. The minimum Gasteiger partial charge on any atom is -0.342 e. The van der Waals surface area contributed by atoms with Gasteiger partial charge in [-0.05, 0) is 32.2 Å². The summed E-state index contributed by atoms with van der Waals surface area (Å²) in [6.07, 6.45) is 5.22. The zero-order chi connectivity index (χ0) is 15.4. The lowest BCUT2D eigenvalue weighted by atomic mass is 10.1. The van der Waals surface area contributed by atoms with Crippen LogP contribution in [0.5, 0.6) is 0 Å². The van der Waals surface area contributed by atoms with Gasteiger partial charge in [0.2, 0.25) is 11.8 Å². The van der Waals surface area contributed by atoms with Crippen LogP contribution in [-0.2, 0) is 9.59 Å². The molecule has 0 aromatic heterocycles. The first-order chi connectivity index (χ1) is 10.7. The second kappa shape index (κ2) is 7.42. The van der Waals surface area contributed by atoms with E-state index in [2.05, 4.69) is 10.2 Å². The first kappa shape index (κ1) is 15.7. The second-order valence-corrected chi connectivity index (χ2v) is 6.74. The summed E-state index contributed by atoms with van der Waals surface area (Å²) in [5.41, 5.74) is 0. The summed E-state index contributed by atoms with van der Waals surface area (Å²) in [4.78, 5) is 30.6. The van der Waals surface area contributed by atoms with Crippen molar-refractivity contribution in [1.29, 1.82) is 0 Å². The van der Waals surface area contributed by atoms with Gasteiger partial charge >= 0.3 is 0 Å². The Labute approximate surface area is 132 Å². The lowest BCUT2D eigenvalue weighted by molar-refractivity contribution is -0.135. The van der Waals surface area contributed by atoms with Crippen LogP contribution in [0.4, 0.5) is 0 Å². The van der Waals surface area contributed by atoms with Crippen LogP contribution in [0, 0.1) is 0 Å². The number of piperazine rings is 1. The Morgan fingerprint density at radius 1 is 0.864 bits per heavy atom. The van der Waals surface area contributed by atoms with E-state index in [4.69, 9.17) is 0 Å². The molecule has 2 amide bonds. The van der Waals surface area contributed by atoms with E-state index in [0.29, 0.717) is 19.0 Å². The predicted molar refractivity (Wildman–Crippen MR) is 84.5 cm³/mol. The molecular weight excluding hydrogens is 280 g/mol. The van der Waals surface area contributed by atoms with Gasteiger partial charge in [-0.2, -0.15) is 0 Å². The number of amides is 2. The van der Waals surface area contributed by atoms with Crippen molar-refractivity contribution in [3.05, 3.63) is 0 Å². The fraction of sp³-hybridized carbons (Fsp3) is 0.875. The molecule has 0 saturated carbocycles. The largest absolute Gasteiger partial charge is 0.342 e. The van der Waals surface area contributed by atoms with Crippen LogP contribution in [0.2, 0.25) is 0 Å². The highest BCUT2D eigenvalue weighted by Gasteiger charge is 2.27. The van der Waals surface area contributed by atoms with Gasteiger partial charge in [-0.25, -0.2) is 0 Å². The topological polar surface area (TPSA) is 55.9 Å². The van der Waals surface area contributed by atoms with Crippen LogP contribution in [0.3, 0.4) is 0 Å². The molecule has 1 atom stereocenters. The number of hydrogen-bond donors (Lipinski definition) is 1. The van der Waals surface area contributed by atoms with E-state index >= 15 is 0 Å². The van der Waals surface area contributed by atoms with Gasteiger partial charge in [-0.3, -0.25) is 14.5 Å². The smallest absolute Gasteiger partial charge is 0.236 e. The molecule has 0 aromatic rings. The molecule has 3 fully saturated rings. The molecule has 0 bridgehead atoms. The van der Waals surface area contributed by atoms with Crippen molar-refractivity contribution in [2.75, 3.05) is 52.4 Å². The molecule has 3 saturated heterocycles. The van der Waals surface area contributed by atoms with Gasteiger partial charge in [0.25, 0.3) is 0 Å². The molecule has 124 valence electrons. The van der Waals surface area contributed by atoms with E-state index < -0.39 is 0 Å². The lowest BCUT2D eigenvalue weighted by Gasteiger charge is -2.35. The number of nitrogens with zero attached hydrogens (tertiary/aromatic N) is 3. The molecule has 0 radical (unpaired) electrons. The van der Waals surface area contributed by atoms with E-state index in [1.165, 1.54) is 6.42 Å². The maximum Gasteiger partial charge on any atom is 0.236 e. The van der Waals surface area contributed by atoms with Crippen molar-refractivity contribution >= 4 is 11.8 Å². The number of likely N-dealkylation sites (tertiary alicyclic amines) is 1. The molecule has 3 aliphatic heterocycles. The summed E-state index contributed by atoms with van der Waals surface area (Å²) in [6, 6.07) is 0.377. The Balaban J connectivity index is 1.38. The summed E-state index contributed by atoms with van der Waals surface area (Å²) < 4.78 is 0. The van der Waals surface area contributed by atoms with Crippen molar-refractivity contribution in [3.8, 4) is 0 Å². The molecule has 0 spiro atoms. The number of rotatable bonds is 4. The zero-order valence-electron chi connectivity index (χ0n) is 13.4. The summed E-state index contributed by atoms with van der Waals surface area (Å²) in [7, 11) is 0. The summed E-state index contributed by atoms with van der Waals surface area (Å²) >= 11 is 0. The standard InChI is InChI=1S/C16H28N4O2/c21-15(12-14-4-3-5-17-14)20-10-8-18(9-11-20)13-16(22)19-6-1-2-7-19/h14,17H,1-13H2. The molecule has 1 N–H and O–H groups in total. The molecule has 6 nitrogen and oxygen atoms in total. The highest BCUT2D eigenvalue weighted by Crippen LogP contribution is 2.13. The van der Waals surface area contributed by atoms with E-state index in [0.717, 1.165) is 65.1 Å². The highest BCUT2D eigenvalue weighted by atomic mass is 16.2. The van der Waals surface area contributed by atoms with Gasteiger partial charge in [0.05, 0.1) is 6.54 Å². The molecule has 3 heterocycles. The van der Waals surface area contributed by atoms with E-state index in [1.807, 2.05) is 9.80 Å². The molecule has 0 aromatic carbocycles. The second-order valence-electron chi connectivity index (χ2n) is 6.74. The average molecular weight is 308 g/mol. The van der Waals surface area contributed by atoms with Gasteiger partial charge in [-0.1, -0.05) is 0 Å². The summed E-state index contributed by atoms with van der Waals surface area (Å²) in [5, 5.41) is 3.38. The molecule has 6 heteroatoms. The normalized spacial score (nSPS) is 26.6. The predicted octanol–water partition coefficient (Wildman–Crippen LogP) is -0.105. The van der Waals surface area contributed by atoms with Gasteiger partial charge in [-0.15, -0.1) is 0 Å². The van der Waals surface area contributed by atoms with Crippen LogP contribution >= 0.6 is 0 Å². The average Bonchev–Trinajstić information content (AvgIpc) is 3.21. The maximum atomic E-state index is 12.3. The first-order valence-electron chi connectivity index (χ1n) is 8.73. The fourth-order valence-corrected chi connectivity index (χ4v) is 3.68. The molecule has 1 unspecified atom stereocenters. The van der Waals surface area contributed by atoms with Crippen molar-refractivity contribution in [2.24, 2.45) is 0 Å². The molecule has 3 rings (SSSR count). The summed E-state index contributed by atoms with van der Waals surface area (Å²) in [5.74, 6) is 0.525. The van der Waals surface area contributed by atoms with Crippen LogP contribution in [0.15, 0.2) is 0 Å². The van der Waals surface area contributed by atoms with Crippen molar-refractivity contribution < 1.29 is 9.59 Å². The fourth-order valence-electron chi connectivity index (χ4n) is 3.68. The Hall–Kier alpha value is -1.14. The first-order valence-corrected chi connectivity index (χ1v) is 8.73. The number of nitrogens with one attached hydrogen (secondary N) is 1. The van der Waals surface area contributed by atoms with Gasteiger partial charge in [0.1, 0.15) is 0 Å². The van der Waals surface area contributed by atoms with Crippen LogP contribution < -0.4 is 5.32 Å². The number of carbonyl (C=O) groups is 2. The third-order valence-corrected chi connectivity index (χ3v) is 5.13. The summed E-state index contributed by atoms with van der Waals surface area (Å²) in [6.45, 7) is 6.58. The van der Waals surface area contributed by atoms with Crippen molar-refractivity contribution in [3.63, 3.8) is 0 Å². The Kier molecular flexibility index (Phi) is 5.31. The maximum absolute atomic E-state index is 12.3. The van der Waals surface area contributed by atoms with E-state index in [1.54, 1.807) is 0 Å². The van der Waals surface area contributed by atoms with Crippen molar-refractivity contribution in [2.45, 2.75) is 38.1 Å². The van der Waals surface area contributed by atoms with E-state index in [-0.39, 0.29) is 11.8 Å². The third-order valence-electron chi connectivity index (χ3n) is 5.13. The molecule has 3 aliphatic rings. The highest BCUT2D eigenvalue weighted by molar-refractivity contribution is 5.79. The van der Waals surface area contributed by atoms with Gasteiger partial charge in [0.15, 0.2) is 0 Å². The minimum absolute atomic E-state index is 0.257. The van der Waals surface area contributed by atoms with Gasteiger partial charge < -0.3 is 15.1 Å². The number of carbonyl (C=O) groups excluding carboxylic acids is 2. The molecule has 22 heavy (non-hydrogen) atoms.